The van der Waals surface area contributed by atoms with Crippen molar-refractivity contribution in [2.24, 2.45) is 4.99 Å². The van der Waals surface area contributed by atoms with Gasteiger partial charge in [-0.25, -0.2) is 4.99 Å². The Bertz CT molecular complexity index is 828. The fourth-order valence-electron chi connectivity index (χ4n) is 2.48. The topological polar surface area (TPSA) is 50.7 Å². The molecule has 0 aromatic heterocycles. The molecule has 2 aromatic rings. The van der Waals surface area contributed by atoms with E-state index in [0.29, 0.717) is 23.0 Å². The summed E-state index contributed by atoms with van der Waals surface area (Å²) >= 11 is 5.96. The summed E-state index contributed by atoms with van der Waals surface area (Å²) in [7, 11) is 1.65. The van der Waals surface area contributed by atoms with Crippen molar-refractivity contribution in [3.05, 3.63) is 70.4 Å². The molecule has 1 heterocycles. The Balaban J connectivity index is 1.70. The van der Waals surface area contributed by atoms with Crippen LogP contribution in [0.1, 0.15) is 17.5 Å². The van der Waals surface area contributed by atoms with Crippen LogP contribution in [0.4, 0.5) is 0 Å². The predicted octanol–water partition coefficient (Wildman–Crippen LogP) is 3.85. The van der Waals surface area contributed by atoms with Gasteiger partial charge in [-0.3, -0.25) is 4.79 Å². The van der Waals surface area contributed by atoms with E-state index in [1.807, 2.05) is 36.4 Å². The number of nitrogens with zero attached hydrogens (tertiary/aromatic N) is 1. The SMILES string of the molecule is COc1cccc(CCC2=N/C(=C/c3cccc(Cl)c3)C(=O)N2)c1. The molecule has 4 nitrogen and oxygen atoms in total. The molecule has 0 unspecified atom stereocenters. The largest absolute Gasteiger partial charge is 0.497 e. The highest BCUT2D eigenvalue weighted by Crippen LogP contribution is 2.18. The van der Waals surface area contributed by atoms with Gasteiger partial charge in [0.2, 0.25) is 0 Å². The maximum absolute atomic E-state index is 12.0. The van der Waals surface area contributed by atoms with Crippen LogP contribution in [0, 0.1) is 0 Å². The van der Waals surface area contributed by atoms with Gasteiger partial charge >= 0.3 is 0 Å². The lowest BCUT2D eigenvalue weighted by Gasteiger charge is -2.04. The highest BCUT2D eigenvalue weighted by Gasteiger charge is 2.19. The first-order chi connectivity index (χ1) is 11.6. The van der Waals surface area contributed by atoms with Crippen molar-refractivity contribution >= 4 is 29.4 Å². The zero-order chi connectivity index (χ0) is 16.9. The van der Waals surface area contributed by atoms with Crippen molar-refractivity contribution in [1.82, 2.24) is 5.32 Å². The van der Waals surface area contributed by atoms with Crippen LogP contribution in [0.5, 0.6) is 5.75 Å². The van der Waals surface area contributed by atoms with Crippen LogP contribution in [0.25, 0.3) is 6.08 Å². The van der Waals surface area contributed by atoms with E-state index in [4.69, 9.17) is 16.3 Å². The summed E-state index contributed by atoms with van der Waals surface area (Å²) in [6.45, 7) is 0. The molecule has 0 radical (unpaired) electrons. The van der Waals surface area contributed by atoms with Crippen LogP contribution < -0.4 is 10.1 Å². The van der Waals surface area contributed by atoms with Crippen LogP contribution in [0.2, 0.25) is 5.02 Å². The lowest BCUT2D eigenvalue weighted by Crippen LogP contribution is -2.24. The number of methoxy groups -OCH3 is 1. The molecule has 0 bridgehead atoms. The van der Waals surface area contributed by atoms with Crippen LogP contribution >= 0.6 is 11.6 Å². The first-order valence-electron chi connectivity index (χ1n) is 7.63. The maximum atomic E-state index is 12.0. The molecular formula is C19H17ClN2O2. The van der Waals surface area contributed by atoms with Gasteiger partial charge in [0.1, 0.15) is 17.3 Å². The Labute approximate surface area is 145 Å². The highest BCUT2D eigenvalue weighted by molar-refractivity contribution is 6.30. The minimum atomic E-state index is -0.185. The van der Waals surface area contributed by atoms with Crippen molar-refractivity contribution in [2.45, 2.75) is 12.8 Å². The lowest BCUT2D eigenvalue weighted by molar-refractivity contribution is -0.115. The van der Waals surface area contributed by atoms with E-state index in [-0.39, 0.29) is 5.91 Å². The molecule has 1 N–H and O–H groups in total. The minimum absolute atomic E-state index is 0.185. The Morgan fingerprint density at radius 1 is 1.17 bits per heavy atom. The molecule has 1 aliphatic rings. The molecule has 1 aliphatic heterocycles. The predicted molar refractivity (Wildman–Crippen MR) is 96.3 cm³/mol. The van der Waals surface area contributed by atoms with E-state index in [1.54, 1.807) is 25.3 Å². The Kier molecular flexibility index (Phi) is 4.96. The molecule has 0 saturated carbocycles. The number of benzene rings is 2. The number of hydrogen-bond acceptors (Lipinski definition) is 3. The number of aliphatic imine (C=N–C) groups is 1. The average molecular weight is 341 g/mol. The number of carbonyl (C=O) groups is 1. The molecule has 3 rings (SSSR count). The summed E-state index contributed by atoms with van der Waals surface area (Å²) < 4.78 is 5.22. The zero-order valence-electron chi connectivity index (χ0n) is 13.3. The van der Waals surface area contributed by atoms with Crippen LogP contribution in [-0.2, 0) is 11.2 Å². The lowest BCUT2D eigenvalue weighted by atomic mass is 10.1. The zero-order valence-corrected chi connectivity index (χ0v) is 14.0. The molecule has 5 heteroatoms. The van der Waals surface area contributed by atoms with Crippen LogP contribution in [0.3, 0.4) is 0 Å². The molecule has 0 fully saturated rings. The quantitative estimate of drug-likeness (QED) is 0.840. The fraction of sp³-hybridized carbons (Fsp3) is 0.158. The third-order valence-corrected chi connectivity index (χ3v) is 3.92. The van der Waals surface area contributed by atoms with Crippen molar-refractivity contribution in [1.29, 1.82) is 0 Å². The number of aryl methyl sites for hydroxylation is 1. The standard InChI is InChI=1S/C19H17ClN2O2/c1-24-16-7-3-4-13(11-16)8-9-18-21-17(19(23)22-18)12-14-5-2-6-15(20)10-14/h2-7,10-12H,8-9H2,1H3,(H,21,22,23)/b17-12+. The molecule has 0 aliphatic carbocycles. The van der Waals surface area contributed by atoms with Gasteiger partial charge in [-0.1, -0.05) is 35.9 Å². The van der Waals surface area contributed by atoms with Crippen molar-refractivity contribution in [3.63, 3.8) is 0 Å². The number of amidine groups is 1. The van der Waals surface area contributed by atoms with Gasteiger partial charge in [0.05, 0.1) is 7.11 Å². The van der Waals surface area contributed by atoms with Crippen molar-refractivity contribution in [2.75, 3.05) is 7.11 Å². The average Bonchev–Trinajstić information content (AvgIpc) is 2.93. The number of hydrogen-bond donors (Lipinski definition) is 1. The van der Waals surface area contributed by atoms with Gasteiger partial charge in [-0.15, -0.1) is 0 Å². The van der Waals surface area contributed by atoms with Crippen LogP contribution in [-0.4, -0.2) is 18.9 Å². The fourth-order valence-corrected chi connectivity index (χ4v) is 2.68. The normalized spacial score (nSPS) is 15.3. The van der Waals surface area contributed by atoms with Gasteiger partial charge < -0.3 is 10.1 Å². The highest BCUT2D eigenvalue weighted by atomic mass is 35.5. The second-order valence-electron chi connectivity index (χ2n) is 5.45. The first-order valence-corrected chi connectivity index (χ1v) is 8.01. The van der Waals surface area contributed by atoms with Gasteiger partial charge in [-0.2, -0.15) is 0 Å². The summed E-state index contributed by atoms with van der Waals surface area (Å²) in [4.78, 5) is 16.4. The van der Waals surface area contributed by atoms with Crippen LogP contribution in [0.15, 0.2) is 59.2 Å². The third kappa shape index (κ3) is 4.03. The molecule has 24 heavy (non-hydrogen) atoms. The van der Waals surface area contributed by atoms with E-state index in [0.717, 1.165) is 23.3 Å². The third-order valence-electron chi connectivity index (χ3n) is 3.68. The summed E-state index contributed by atoms with van der Waals surface area (Å²) in [5.74, 6) is 1.32. The Morgan fingerprint density at radius 3 is 2.79 bits per heavy atom. The van der Waals surface area contributed by atoms with Gasteiger partial charge in [0, 0.05) is 11.4 Å². The maximum Gasteiger partial charge on any atom is 0.275 e. The monoisotopic (exact) mass is 340 g/mol. The number of ether oxygens (including phenoxy) is 1. The molecule has 0 spiro atoms. The molecule has 2 aromatic carbocycles. The molecule has 122 valence electrons. The summed E-state index contributed by atoms with van der Waals surface area (Å²) in [6, 6.07) is 15.2. The van der Waals surface area contributed by atoms with Crippen molar-refractivity contribution < 1.29 is 9.53 Å². The smallest absolute Gasteiger partial charge is 0.275 e. The molecule has 0 saturated heterocycles. The van der Waals surface area contributed by atoms with E-state index < -0.39 is 0 Å². The van der Waals surface area contributed by atoms with Gasteiger partial charge in [0.25, 0.3) is 5.91 Å². The Morgan fingerprint density at radius 2 is 2.00 bits per heavy atom. The molecule has 1 amide bonds. The number of halogens is 1. The Hall–Kier alpha value is -2.59. The van der Waals surface area contributed by atoms with E-state index in [9.17, 15) is 4.79 Å². The number of carbonyl (C=O) groups excluding carboxylic acids is 1. The van der Waals surface area contributed by atoms with Crippen molar-refractivity contribution in [3.8, 4) is 5.75 Å². The van der Waals surface area contributed by atoms with Gasteiger partial charge in [-0.05, 0) is 47.9 Å². The minimum Gasteiger partial charge on any atom is -0.497 e. The first kappa shape index (κ1) is 16.3. The summed E-state index contributed by atoms with van der Waals surface area (Å²) in [5.41, 5.74) is 2.39. The van der Waals surface area contributed by atoms with E-state index in [2.05, 4.69) is 10.3 Å². The summed E-state index contributed by atoms with van der Waals surface area (Å²) in [6.07, 6.45) is 3.17. The van der Waals surface area contributed by atoms with E-state index in [1.165, 1.54) is 0 Å². The number of rotatable bonds is 5. The van der Waals surface area contributed by atoms with Gasteiger partial charge in [0.15, 0.2) is 0 Å². The summed E-state index contributed by atoms with van der Waals surface area (Å²) in [5, 5.41) is 3.45. The molecular weight excluding hydrogens is 324 g/mol. The number of nitrogens with one attached hydrogen (secondary N) is 1. The number of amides is 1. The molecule has 0 atom stereocenters. The second kappa shape index (κ2) is 7.32. The second-order valence-corrected chi connectivity index (χ2v) is 5.89. The van der Waals surface area contributed by atoms with E-state index >= 15 is 0 Å².